The molecule has 0 rings (SSSR count). The van der Waals surface area contributed by atoms with Crippen LogP contribution in [0.2, 0.25) is 0 Å². The van der Waals surface area contributed by atoms with Gasteiger partial charge in [0.25, 0.3) is 0 Å². The van der Waals surface area contributed by atoms with Gasteiger partial charge in [-0.05, 0) is 12.5 Å². The fraction of sp³-hybridized carbons (Fsp3) is 0.455. The average molecular weight is 344 g/mol. The zero-order valence-corrected chi connectivity index (χ0v) is 15.4. The standard InChI is InChI=1S/C22H32O3/c1-2-3-4-5-6-9-12-15-18-21(23)19-16-13-10-7-8-11-14-17-20-22(24)25/h7-8,10-11,13-14,16-17,19-20H,2-6,9,12,15,18H2,1H3,(H,24,25). The molecule has 25 heavy (non-hydrogen) atoms. The molecule has 138 valence electrons. The number of carbonyl (C=O) groups is 2. The van der Waals surface area contributed by atoms with Crippen LogP contribution in [0.4, 0.5) is 0 Å². The number of ketones is 1. The minimum atomic E-state index is -0.963. The van der Waals surface area contributed by atoms with Gasteiger partial charge in [0.2, 0.25) is 0 Å². The van der Waals surface area contributed by atoms with E-state index < -0.39 is 5.97 Å². The molecule has 0 amide bonds. The minimum Gasteiger partial charge on any atom is -0.478 e. The van der Waals surface area contributed by atoms with Gasteiger partial charge < -0.3 is 5.11 Å². The maximum atomic E-state index is 11.7. The first-order chi connectivity index (χ1) is 12.2. The van der Waals surface area contributed by atoms with Gasteiger partial charge in [0.1, 0.15) is 0 Å². The van der Waals surface area contributed by atoms with Crippen LogP contribution >= 0.6 is 0 Å². The van der Waals surface area contributed by atoms with E-state index in [0.717, 1.165) is 18.9 Å². The topological polar surface area (TPSA) is 54.4 Å². The Hall–Kier alpha value is -2.16. The second-order valence-electron chi connectivity index (χ2n) is 5.90. The average Bonchev–Trinajstić information content (AvgIpc) is 2.58. The molecule has 0 unspecified atom stereocenters. The number of unbranched alkanes of at least 4 members (excludes halogenated alkanes) is 7. The van der Waals surface area contributed by atoms with Crippen molar-refractivity contribution in [2.24, 2.45) is 0 Å². The number of rotatable bonds is 15. The zero-order valence-electron chi connectivity index (χ0n) is 15.4. The van der Waals surface area contributed by atoms with E-state index in [-0.39, 0.29) is 5.78 Å². The lowest BCUT2D eigenvalue weighted by Gasteiger charge is -2.00. The van der Waals surface area contributed by atoms with Crippen LogP contribution in [0.5, 0.6) is 0 Å². The van der Waals surface area contributed by atoms with Crippen molar-refractivity contribution in [2.75, 3.05) is 0 Å². The Balaban J connectivity index is 3.66. The summed E-state index contributed by atoms with van der Waals surface area (Å²) in [6.45, 7) is 2.23. The summed E-state index contributed by atoms with van der Waals surface area (Å²) in [7, 11) is 0. The SMILES string of the molecule is CCCCCCCCCCC(=O)C=CC=CC=CC=CC=CC(=O)O. The molecule has 0 fully saturated rings. The molecule has 3 heteroatoms. The van der Waals surface area contributed by atoms with Crippen LogP contribution in [0.3, 0.4) is 0 Å². The van der Waals surface area contributed by atoms with Gasteiger partial charge in [-0.25, -0.2) is 4.79 Å². The van der Waals surface area contributed by atoms with Crippen molar-refractivity contribution in [3.8, 4) is 0 Å². The number of aliphatic carboxylic acids is 1. The molecule has 3 nitrogen and oxygen atoms in total. The zero-order chi connectivity index (χ0) is 18.6. The highest BCUT2D eigenvalue weighted by Gasteiger charge is 1.96. The van der Waals surface area contributed by atoms with E-state index >= 15 is 0 Å². The van der Waals surface area contributed by atoms with E-state index in [1.807, 2.05) is 18.2 Å². The van der Waals surface area contributed by atoms with Crippen molar-refractivity contribution in [1.29, 1.82) is 0 Å². The monoisotopic (exact) mass is 344 g/mol. The summed E-state index contributed by atoms with van der Waals surface area (Å²) in [6, 6.07) is 0. The fourth-order valence-electron chi connectivity index (χ4n) is 2.20. The lowest BCUT2D eigenvalue weighted by atomic mass is 10.1. The Kier molecular flexibility index (Phi) is 16.6. The van der Waals surface area contributed by atoms with Crippen LogP contribution in [0.25, 0.3) is 0 Å². The summed E-state index contributed by atoms with van der Waals surface area (Å²) in [6.07, 6.45) is 27.1. The van der Waals surface area contributed by atoms with Gasteiger partial charge in [0.05, 0.1) is 0 Å². The van der Waals surface area contributed by atoms with Gasteiger partial charge in [-0.15, -0.1) is 0 Å². The fourth-order valence-corrected chi connectivity index (χ4v) is 2.20. The van der Waals surface area contributed by atoms with Gasteiger partial charge in [-0.1, -0.05) is 100 Å². The Morgan fingerprint density at radius 1 is 0.640 bits per heavy atom. The summed E-state index contributed by atoms with van der Waals surface area (Å²) in [5.41, 5.74) is 0. The number of hydrogen-bond acceptors (Lipinski definition) is 2. The van der Waals surface area contributed by atoms with Crippen LogP contribution in [0.1, 0.15) is 64.7 Å². The first-order valence-corrected chi connectivity index (χ1v) is 9.27. The van der Waals surface area contributed by atoms with E-state index in [4.69, 9.17) is 5.11 Å². The number of allylic oxidation sites excluding steroid dienone is 9. The molecule has 0 saturated carbocycles. The maximum absolute atomic E-state index is 11.7. The van der Waals surface area contributed by atoms with Gasteiger partial charge in [-0.2, -0.15) is 0 Å². The Morgan fingerprint density at radius 2 is 1.08 bits per heavy atom. The molecular formula is C22H32O3. The summed E-state index contributed by atoms with van der Waals surface area (Å²) in [4.78, 5) is 21.9. The smallest absolute Gasteiger partial charge is 0.328 e. The van der Waals surface area contributed by atoms with Crippen LogP contribution in [-0.4, -0.2) is 16.9 Å². The number of hydrogen-bond donors (Lipinski definition) is 1. The highest BCUT2D eigenvalue weighted by Crippen LogP contribution is 2.09. The van der Waals surface area contributed by atoms with E-state index in [1.165, 1.54) is 44.6 Å². The molecule has 0 heterocycles. The third-order valence-electron chi connectivity index (χ3n) is 3.58. The predicted octanol–water partition coefficient (Wildman–Crippen LogP) is 5.95. The first-order valence-electron chi connectivity index (χ1n) is 9.27. The van der Waals surface area contributed by atoms with Gasteiger partial charge >= 0.3 is 5.97 Å². The van der Waals surface area contributed by atoms with E-state index in [9.17, 15) is 9.59 Å². The number of carboxylic acids is 1. The third-order valence-corrected chi connectivity index (χ3v) is 3.58. The van der Waals surface area contributed by atoms with Crippen LogP contribution in [-0.2, 0) is 9.59 Å². The summed E-state index contributed by atoms with van der Waals surface area (Å²) >= 11 is 0. The first kappa shape index (κ1) is 22.8. The minimum absolute atomic E-state index is 0.179. The van der Waals surface area contributed by atoms with E-state index in [0.29, 0.717) is 6.42 Å². The van der Waals surface area contributed by atoms with Crippen LogP contribution in [0.15, 0.2) is 60.8 Å². The second kappa shape index (κ2) is 18.2. The molecule has 0 radical (unpaired) electrons. The number of carboxylic acid groups (broad SMARTS) is 1. The Morgan fingerprint density at radius 3 is 1.60 bits per heavy atom. The molecule has 0 bridgehead atoms. The predicted molar refractivity (Wildman–Crippen MR) is 106 cm³/mol. The number of carbonyl (C=O) groups excluding carboxylic acids is 1. The largest absolute Gasteiger partial charge is 0.478 e. The summed E-state index contributed by atoms with van der Waals surface area (Å²) in [5.74, 6) is -0.784. The summed E-state index contributed by atoms with van der Waals surface area (Å²) < 4.78 is 0. The van der Waals surface area contributed by atoms with Crippen molar-refractivity contribution < 1.29 is 14.7 Å². The van der Waals surface area contributed by atoms with Gasteiger partial charge in [0.15, 0.2) is 5.78 Å². The molecule has 0 aliphatic heterocycles. The lowest BCUT2D eigenvalue weighted by Crippen LogP contribution is -1.92. The van der Waals surface area contributed by atoms with Crippen molar-refractivity contribution in [3.63, 3.8) is 0 Å². The molecular weight excluding hydrogens is 312 g/mol. The van der Waals surface area contributed by atoms with E-state index in [2.05, 4.69) is 6.92 Å². The maximum Gasteiger partial charge on any atom is 0.328 e. The van der Waals surface area contributed by atoms with Crippen LogP contribution in [0, 0.1) is 0 Å². The molecule has 0 aromatic heterocycles. The van der Waals surface area contributed by atoms with Crippen molar-refractivity contribution in [2.45, 2.75) is 64.7 Å². The normalized spacial score (nSPS) is 12.5. The van der Waals surface area contributed by atoms with Crippen molar-refractivity contribution >= 4 is 11.8 Å². The van der Waals surface area contributed by atoms with Crippen molar-refractivity contribution in [1.82, 2.24) is 0 Å². The Labute approximate surface area is 152 Å². The molecule has 0 spiro atoms. The van der Waals surface area contributed by atoms with Crippen LogP contribution < -0.4 is 0 Å². The van der Waals surface area contributed by atoms with Gasteiger partial charge in [0, 0.05) is 12.5 Å². The molecule has 1 N–H and O–H groups in total. The molecule has 0 aliphatic rings. The molecule has 0 aromatic rings. The molecule has 0 aromatic carbocycles. The highest BCUT2D eigenvalue weighted by molar-refractivity contribution is 5.89. The quantitative estimate of drug-likeness (QED) is 0.227. The molecule has 0 aliphatic carbocycles. The third kappa shape index (κ3) is 19.8. The second-order valence-corrected chi connectivity index (χ2v) is 5.90. The highest BCUT2D eigenvalue weighted by atomic mass is 16.4. The van der Waals surface area contributed by atoms with E-state index in [1.54, 1.807) is 30.4 Å². The molecule has 0 atom stereocenters. The lowest BCUT2D eigenvalue weighted by molar-refractivity contribution is -0.131. The van der Waals surface area contributed by atoms with Gasteiger partial charge in [-0.3, -0.25) is 4.79 Å². The van der Waals surface area contributed by atoms with Crippen molar-refractivity contribution in [3.05, 3.63) is 60.8 Å². The summed E-state index contributed by atoms with van der Waals surface area (Å²) in [5, 5.41) is 8.39. The molecule has 0 saturated heterocycles. The Bertz CT molecular complexity index is 493.